The maximum absolute atomic E-state index is 13.2. The zero-order valence-electron chi connectivity index (χ0n) is 11.9. The van der Waals surface area contributed by atoms with Crippen molar-refractivity contribution in [3.8, 4) is 0 Å². The van der Waals surface area contributed by atoms with Gasteiger partial charge in [-0.2, -0.15) is 0 Å². The maximum Gasteiger partial charge on any atom is 0.329 e. The summed E-state index contributed by atoms with van der Waals surface area (Å²) in [5.41, 5.74) is 4.34. The molecule has 0 bridgehead atoms. The molecule has 0 aliphatic heterocycles. The van der Waals surface area contributed by atoms with E-state index >= 15 is 0 Å². The first-order chi connectivity index (χ1) is 8.70. The van der Waals surface area contributed by atoms with Crippen LogP contribution < -0.4 is 5.73 Å². The summed E-state index contributed by atoms with van der Waals surface area (Å²) >= 11 is 0. The van der Waals surface area contributed by atoms with E-state index in [1.54, 1.807) is 27.0 Å². The fourth-order valence-corrected chi connectivity index (χ4v) is 1.53. The minimum Gasteiger partial charge on any atom is -0.459 e. The van der Waals surface area contributed by atoms with Crippen molar-refractivity contribution >= 4 is 5.97 Å². The first kappa shape index (κ1) is 15.6. The lowest BCUT2D eigenvalue weighted by molar-refractivity contribution is -0.162. The number of aromatic amines is 1. The number of nitrogens with zero attached hydrogens (tertiary/aromatic N) is 1. The number of halogens is 1. The number of rotatable bonds is 5. The lowest BCUT2D eigenvalue weighted by Gasteiger charge is -2.28. The van der Waals surface area contributed by atoms with Crippen LogP contribution in [0.2, 0.25) is 0 Å². The number of ether oxygens (including phenoxy) is 1. The Bertz CT molecular complexity index is 439. The van der Waals surface area contributed by atoms with E-state index < -0.39 is 23.8 Å². The van der Waals surface area contributed by atoms with Gasteiger partial charge in [0.1, 0.15) is 18.1 Å². The summed E-state index contributed by atoms with van der Waals surface area (Å²) in [4.78, 5) is 19.1. The third kappa shape index (κ3) is 4.31. The van der Waals surface area contributed by atoms with Gasteiger partial charge in [-0.15, -0.1) is 0 Å². The smallest absolute Gasteiger partial charge is 0.329 e. The summed E-state index contributed by atoms with van der Waals surface area (Å²) in [6, 6.07) is 0. The number of carbonyl (C=O) groups excluding carboxylic acids is 1. The second kappa shape index (κ2) is 5.69. The van der Waals surface area contributed by atoms with Gasteiger partial charge in [0.15, 0.2) is 5.54 Å². The zero-order chi connectivity index (χ0) is 14.7. The number of nitrogens with two attached hydrogens (primary N) is 1. The molecule has 0 spiro atoms. The van der Waals surface area contributed by atoms with Crippen molar-refractivity contribution in [2.75, 3.05) is 6.67 Å². The zero-order valence-corrected chi connectivity index (χ0v) is 11.9. The molecule has 0 aliphatic carbocycles. The van der Waals surface area contributed by atoms with Gasteiger partial charge in [0.25, 0.3) is 0 Å². The van der Waals surface area contributed by atoms with Crippen molar-refractivity contribution in [1.29, 1.82) is 0 Å². The van der Waals surface area contributed by atoms with Crippen LogP contribution in [0, 0.1) is 0 Å². The van der Waals surface area contributed by atoms with Gasteiger partial charge in [0, 0.05) is 18.3 Å². The fraction of sp³-hybridized carbons (Fsp3) is 0.692. The van der Waals surface area contributed by atoms with Crippen LogP contribution in [-0.4, -0.2) is 33.8 Å². The highest BCUT2D eigenvalue weighted by atomic mass is 19.1. The molecule has 19 heavy (non-hydrogen) atoms. The highest BCUT2D eigenvalue weighted by Crippen LogP contribution is 2.17. The summed E-state index contributed by atoms with van der Waals surface area (Å²) in [5, 5.41) is 0. The molecule has 0 saturated carbocycles. The van der Waals surface area contributed by atoms with Gasteiger partial charge in [-0.25, -0.2) is 14.2 Å². The number of aromatic nitrogens is 2. The molecule has 1 aromatic rings. The van der Waals surface area contributed by atoms with E-state index in [0.29, 0.717) is 5.82 Å². The molecule has 3 N–H and O–H groups in total. The predicted octanol–water partition coefficient (Wildman–Crippen LogP) is 1.52. The Hall–Kier alpha value is -1.43. The van der Waals surface area contributed by atoms with Crippen LogP contribution in [0.15, 0.2) is 6.20 Å². The molecule has 0 aromatic carbocycles. The van der Waals surface area contributed by atoms with Crippen molar-refractivity contribution in [3.63, 3.8) is 0 Å². The number of hydrogen-bond donors (Lipinski definition) is 2. The third-order valence-electron chi connectivity index (χ3n) is 2.59. The molecule has 0 radical (unpaired) electrons. The number of H-pyrrole nitrogens is 1. The van der Waals surface area contributed by atoms with Crippen molar-refractivity contribution in [1.82, 2.24) is 9.97 Å². The van der Waals surface area contributed by atoms with Crippen molar-refractivity contribution in [2.24, 2.45) is 5.73 Å². The quantitative estimate of drug-likeness (QED) is 0.796. The number of esters is 1. The second-order valence-electron chi connectivity index (χ2n) is 5.68. The number of imidazole rings is 1. The molecular formula is C13H22FN3O2. The summed E-state index contributed by atoms with van der Waals surface area (Å²) in [7, 11) is 0. The Kier molecular flexibility index (Phi) is 4.68. The van der Waals surface area contributed by atoms with Gasteiger partial charge < -0.3 is 15.5 Å². The van der Waals surface area contributed by atoms with E-state index in [0.717, 1.165) is 12.1 Å². The van der Waals surface area contributed by atoms with Gasteiger partial charge in [0.05, 0.1) is 0 Å². The second-order valence-corrected chi connectivity index (χ2v) is 5.68. The van der Waals surface area contributed by atoms with Crippen molar-refractivity contribution in [3.05, 3.63) is 17.7 Å². The van der Waals surface area contributed by atoms with Gasteiger partial charge in [-0.1, -0.05) is 6.92 Å². The van der Waals surface area contributed by atoms with Crippen LogP contribution in [0.1, 0.15) is 39.2 Å². The lowest BCUT2D eigenvalue weighted by atomic mass is 9.97. The maximum atomic E-state index is 13.2. The first-order valence-electron chi connectivity index (χ1n) is 6.31. The topological polar surface area (TPSA) is 81.0 Å². The molecule has 1 unspecified atom stereocenters. The van der Waals surface area contributed by atoms with Crippen molar-refractivity contribution in [2.45, 2.75) is 51.7 Å². The minimum absolute atomic E-state index is 0.0155. The van der Waals surface area contributed by atoms with Crippen LogP contribution in [0.25, 0.3) is 0 Å². The van der Waals surface area contributed by atoms with E-state index in [9.17, 15) is 9.18 Å². The Morgan fingerprint density at radius 3 is 2.58 bits per heavy atom. The van der Waals surface area contributed by atoms with Gasteiger partial charge in [0.2, 0.25) is 0 Å². The Morgan fingerprint density at radius 1 is 1.53 bits per heavy atom. The molecule has 0 fully saturated rings. The number of nitrogens with one attached hydrogen (secondary N) is 1. The SMILES string of the molecule is CCc1cnc(CC(N)(CF)C(=O)OC(C)(C)C)[nH]1. The van der Waals surface area contributed by atoms with Crippen LogP contribution in [0.4, 0.5) is 4.39 Å². The van der Waals surface area contributed by atoms with Crippen LogP contribution >= 0.6 is 0 Å². The van der Waals surface area contributed by atoms with Gasteiger partial charge >= 0.3 is 5.97 Å². The number of carbonyl (C=O) groups is 1. The number of hydrogen-bond acceptors (Lipinski definition) is 4. The minimum atomic E-state index is -1.70. The molecule has 1 atom stereocenters. The van der Waals surface area contributed by atoms with Gasteiger partial charge in [-0.3, -0.25) is 0 Å². The number of alkyl halides is 1. The summed E-state index contributed by atoms with van der Waals surface area (Å²) in [5.74, 6) is -0.264. The lowest BCUT2D eigenvalue weighted by Crippen LogP contribution is -2.54. The standard InChI is InChI=1S/C13H22FN3O2/c1-5-9-7-16-10(17-9)6-13(15,8-14)11(18)19-12(2,3)4/h7H,5-6,8,15H2,1-4H3,(H,16,17). The average Bonchev–Trinajstić information content (AvgIpc) is 2.74. The van der Waals surface area contributed by atoms with E-state index in [1.807, 2.05) is 6.92 Å². The van der Waals surface area contributed by atoms with E-state index in [1.165, 1.54) is 0 Å². The number of aryl methyl sites for hydroxylation is 1. The Labute approximate surface area is 112 Å². The van der Waals surface area contributed by atoms with Crippen LogP contribution in [0.3, 0.4) is 0 Å². The summed E-state index contributed by atoms with van der Waals surface area (Å²) < 4.78 is 18.3. The molecule has 0 aliphatic rings. The molecule has 1 rings (SSSR count). The normalized spacial score (nSPS) is 15.1. The molecule has 1 heterocycles. The first-order valence-corrected chi connectivity index (χ1v) is 6.31. The molecule has 6 heteroatoms. The van der Waals surface area contributed by atoms with Crippen LogP contribution in [-0.2, 0) is 22.4 Å². The molecule has 5 nitrogen and oxygen atoms in total. The molecule has 108 valence electrons. The third-order valence-corrected chi connectivity index (χ3v) is 2.59. The molecule has 0 amide bonds. The highest BCUT2D eigenvalue weighted by Gasteiger charge is 2.39. The predicted molar refractivity (Wildman–Crippen MR) is 70.4 cm³/mol. The van der Waals surface area contributed by atoms with Gasteiger partial charge in [-0.05, 0) is 27.2 Å². The van der Waals surface area contributed by atoms with E-state index in [-0.39, 0.29) is 6.42 Å². The monoisotopic (exact) mass is 271 g/mol. The molecule has 1 aromatic heterocycles. The molecular weight excluding hydrogens is 249 g/mol. The highest BCUT2D eigenvalue weighted by molar-refractivity contribution is 5.81. The summed E-state index contributed by atoms with van der Waals surface area (Å²) in [6.45, 7) is 6.11. The Morgan fingerprint density at radius 2 is 2.16 bits per heavy atom. The fourth-order valence-electron chi connectivity index (χ4n) is 1.53. The van der Waals surface area contributed by atoms with E-state index in [2.05, 4.69) is 9.97 Å². The van der Waals surface area contributed by atoms with Crippen LogP contribution in [0.5, 0.6) is 0 Å². The Balaban J connectivity index is 2.82. The van der Waals surface area contributed by atoms with E-state index in [4.69, 9.17) is 10.5 Å². The average molecular weight is 271 g/mol. The van der Waals surface area contributed by atoms with Crippen molar-refractivity contribution < 1.29 is 13.9 Å². The molecule has 0 saturated heterocycles. The largest absolute Gasteiger partial charge is 0.459 e. The summed E-state index contributed by atoms with van der Waals surface area (Å²) in [6.07, 6.45) is 2.42.